The SMILES string of the molecule is COc1cccc(C2/C(=C(\O)c3c(C)nc4ccccn34)C(=O)C(=O)N2CCN(C)C)c1OC. The van der Waals surface area contributed by atoms with E-state index in [0.717, 1.165) is 0 Å². The molecule has 9 heteroatoms. The van der Waals surface area contributed by atoms with Crippen molar-refractivity contribution >= 4 is 23.1 Å². The van der Waals surface area contributed by atoms with Crippen molar-refractivity contribution in [1.29, 1.82) is 0 Å². The van der Waals surface area contributed by atoms with Crippen LogP contribution in [0.4, 0.5) is 0 Å². The topological polar surface area (TPSA) is 96.6 Å². The third-order valence-corrected chi connectivity index (χ3v) is 5.98. The lowest BCUT2D eigenvalue weighted by atomic mass is 9.95. The molecule has 1 unspecified atom stereocenters. The molecule has 1 atom stereocenters. The summed E-state index contributed by atoms with van der Waals surface area (Å²) in [5.41, 5.74) is 2.07. The molecule has 0 saturated carbocycles. The normalized spacial score (nSPS) is 17.7. The Morgan fingerprint density at radius 1 is 1.12 bits per heavy atom. The van der Waals surface area contributed by atoms with Gasteiger partial charge < -0.3 is 24.4 Å². The molecule has 1 aromatic carbocycles. The van der Waals surface area contributed by atoms with Crippen molar-refractivity contribution in [3.05, 3.63) is 65.1 Å². The van der Waals surface area contributed by atoms with E-state index in [-0.39, 0.29) is 17.9 Å². The zero-order valence-electron chi connectivity index (χ0n) is 19.9. The standard InChI is InChI=1S/C25H28N4O5/c1-15-20(28-12-7-6-11-18(28)26-15)22(30)19-21(16-9-8-10-17(33-4)24(16)34-5)29(14-13-27(2)3)25(32)23(19)31/h6-12,21,30H,13-14H2,1-5H3/b22-19+. The maximum absolute atomic E-state index is 13.4. The summed E-state index contributed by atoms with van der Waals surface area (Å²) in [7, 11) is 6.80. The molecule has 0 aliphatic carbocycles. The molecule has 9 nitrogen and oxygen atoms in total. The first-order chi connectivity index (χ1) is 16.3. The summed E-state index contributed by atoms with van der Waals surface area (Å²) in [6, 6.07) is 9.87. The minimum absolute atomic E-state index is 0.0101. The average Bonchev–Trinajstić information content (AvgIpc) is 3.29. The van der Waals surface area contributed by atoms with E-state index < -0.39 is 17.7 Å². The van der Waals surface area contributed by atoms with E-state index in [1.165, 1.54) is 19.1 Å². The summed E-state index contributed by atoms with van der Waals surface area (Å²) in [5.74, 6) is -0.852. The lowest BCUT2D eigenvalue weighted by Crippen LogP contribution is -2.35. The summed E-state index contributed by atoms with van der Waals surface area (Å²) in [6.45, 7) is 2.57. The Bertz CT molecular complexity index is 1290. The molecule has 1 amide bonds. The number of aromatic nitrogens is 2. The molecule has 0 bridgehead atoms. The third-order valence-electron chi connectivity index (χ3n) is 5.98. The van der Waals surface area contributed by atoms with Gasteiger partial charge in [-0.1, -0.05) is 18.2 Å². The number of likely N-dealkylation sites (N-methyl/N-ethyl adjacent to an activating group) is 1. The fourth-order valence-electron chi connectivity index (χ4n) is 4.40. The van der Waals surface area contributed by atoms with Crippen LogP contribution in [0.1, 0.15) is 23.0 Å². The van der Waals surface area contributed by atoms with Crippen molar-refractivity contribution in [3.8, 4) is 11.5 Å². The number of Topliss-reactive ketones (excluding diaryl/α,β-unsaturated/α-hetero) is 1. The van der Waals surface area contributed by atoms with Crippen LogP contribution in [0.25, 0.3) is 11.4 Å². The van der Waals surface area contributed by atoms with Gasteiger partial charge in [-0.15, -0.1) is 0 Å². The van der Waals surface area contributed by atoms with Gasteiger partial charge in [-0.05, 0) is 39.2 Å². The maximum atomic E-state index is 13.4. The summed E-state index contributed by atoms with van der Waals surface area (Å²) in [6.07, 6.45) is 1.76. The van der Waals surface area contributed by atoms with Crippen LogP contribution in [0.5, 0.6) is 11.5 Å². The Kier molecular flexibility index (Phi) is 6.30. The summed E-state index contributed by atoms with van der Waals surface area (Å²) < 4.78 is 12.8. The fourth-order valence-corrected chi connectivity index (χ4v) is 4.40. The summed E-state index contributed by atoms with van der Waals surface area (Å²) >= 11 is 0. The Labute approximate surface area is 197 Å². The number of hydrogen-bond acceptors (Lipinski definition) is 7. The molecule has 4 rings (SSSR count). The van der Waals surface area contributed by atoms with Crippen LogP contribution in [-0.4, -0.2) is 77.4 Å². The number of likely N-dealkylation sites (tertiary alicyclic amines) is 1. The van der Waals surface area contributed by atoms with Crippen molar-refractivity contribution in [2.75, 3.05) is 41.4 Å². The molecule has 3 heterocycles. The van der Waals surface area contributed by atoms with Gasteiger partial charge in [-0.25, -0.2) is 4.98 Å². The Morgan fingerprint density at radius 3 is 2.56 bits per heavy atom. The zero-order chi connectivity index (χ0) is 24.6. The van der Waals surface area contributed by atoms with Gasteiger partial charge in [0, 0.05) is 24.8 Å². The van der Waals surface area contributed by atoms with Crippen LogP contribution in [0.3, 0.4) is 0 Å². The van der Waals surface area contributed by atoms with E-state index in [2.05, 4.69) is 4.98 Å². The first kappa shape index (κ1) is 23.3. The molecule has 2 aromatic heterocycles. The lowest BCUT2D eigenvalue weighted by molar-refractivity contribution is -0.140. The van der Waals surface area contributed by atoms with Crippen LogP contribution < -0.4 is 9.47 Å². The summed E-state index contributed by atoms with van der Waals surface area (Å²) in [4.78, 5) is 34.5. The molecule has 1 aliphatic heterocycles. The molecule has 34 heavy (non-hydrogen) atoms. The quantitative estimate of drug-likeness (QED) is 0.326. The summed E-state index contributed by atoms with van der Waals surface area (Å²) in [5, 5.41) is 11.5. The minimum atomic E-state index is -0.862. The predicted molar refractivity (Wildman–Crippen MR) is 127 cm³/mol. The molecule has 1 aliphatic rings. The highest BCUT2D eigenvalue weighted by molar-refractivity contribution is 6.46. The van der Waals surface area contributed by atoms with Gasteiger partial charge in [0.15, 0.2) is 17.3 Å². The maximum Gasteiger partial charge on any atom is 0.295 e. The number of carbonyl (C=O) groups is 2. The number of ketones is 1. The number of imidazole rings is 1. The van der Waals surface area contributed by atoms with Crippen molar-refractivity contribution in [2.24, 2.45) is 0 Å². The largest absolute Gasteiger partial charge is 0.505 e. The van der Waals surface area contributed by atoms with Crippen LogP contribution in [0.15, 0.2) is 48.2 Å². The second-order valence-corrected chi connectivity index (χ2v) is 8.35. The number of aliphatic hydroxyl groups is 1. The minimum Gasteiger partial charge on any atom is -0.505 e. The second kappa shape index (κ2) is 9.18. The molecular weight excluding hydrogens is 436 g/mol. The number of hydrogen-bond donors (Lipinski definition) is 1. The van der Waals surface area contributed by atoms with Gasteiger partial charge >= 0.3 is 0 Å². The number of fused-ring (bicyclic) bond motifs is 1. The number of aliphatic hydroxyl groups excluding tert-OH is 1. The number of rotatable bonds is 7. The molecule has 0 spiro atoms. The average molecular weight is 465 g/mol. The zero-order valence-corrected chi connectivity index (χ0v) is 19.9. The molecule has 0 radical (unpaired) electrons. The highest BCUT2D eigenvalue weighted by Gasteiger charge is 2.47. The fraction of sp³-hybridized carbons (Fsp3) is 0.320. The number of nitrogens with zero attached hydrogens (tertiary/aromatic N) is 4. The third kappa shape index (κ3) is 3.77. The number of methoxy groups -OCH3 is 2. The number of aryl methyl sites for hydroxylation is 1. The van der Waals surface area contributed by atoms with Crippen molar-refractivity contribution in [3.63, 3.8) is 0 Å². The molecule has 1 saturated heterocycles. The van der Waals surface area contributed by atoms with Crippen LogP contribution >= 0.6 is 0 Å². The lowest BCUT2D eigenvalue weighted by Gasteiger charge is -2.28. The number of amides is 1. The highest BCUT2D eigenvalue weighted by atomic mass is 16.5. The molecule has 178 valence electrons. The van der Waals surface area contributed by atoms with E-state index in [1.807, 2.05) is 37.2 Å². The van der Waals surface area contributed by atoms with Crippen molar-refractivity contribution in [2.45, 2.75) is 13.0 Å². The van der Waals surface area contributed by atoms with Gasteiger partial charge in [0.2, 0.25) is 0 Å². The first-order valence-electron chi connectivity index (χ1n) is 10.9. The van der Waals surface area contributed by atoms with Gasteiger partial charge in [0.1, 0.15) is 11.3 Å². The Balaban J connectivity index is 1.99. The Morgan fingerprint density at radius 2 is 1.88 bits per heavy atom. The van der Waals surface area contributed by atoms with E-state index in [1.54, 1.807) is 35.7 Å². The molecule has 1 fully saturated rings. The van der Waals surface area contributed by atoms with Crippen LogP contribution in [0.2, 0.25) is 0 Å². The van der Waals surface area contributed by atoms with Gasteiger partial charge in [-0.3, -0.25) is 14.0 Å². The van der Waals surface area contributed by atoms with Gasteiger partial charge in [0.05, 0.1) is 31.5 Å². The van der Waals surface area contributed by atoms with E-state index in [4.69, 9.17) is 9.47 Å². The number of ether oxygens (including phenoxy) is 2. The number of benzene rings is 1. The first-order valence-corrected chi connectivity index (χ1v) is 10.9. The number of para-hydroxylation sites is 1. The molecule has 3 aromatic rings. The van der Waals surface area contributed by atoms with E-state index in [0.29, 0.717) is 40.6 Å². The predicted octanol–water partition coefficient (Wildman–Crippen LogP) is 2.64. The number of pyridine rings is 1. The highest BCUT2D eigenvalue weighted by Crippen LogP contribution is 2.45. The molecular formula is C25H28N4O5. The van der Waals surface area contributed by atoms with E-state index >= 15 is 0 Å². The van der Waals surface area contributed by atoms with Crippen molar-refractivity contribution in [1.82, 2.24) is 19.2 Å². The molecule has 1 N–H and O–H groups in total. The van der Waals surface area contributed by atoms with E-state index in [9.17, 15) is 14.7 Å². The monoisotopic (exact) mass is 464 g/mol. The smallest absolute Gasteiger partial charge is 0.295 e. The van der Waals surface area contributed by atoms with Crippen LogP contribution in [0, 0.1) is 6.92 Å². The van der Waals surface area contributed by atoms with Crippen molar-refractivity contribution < 1.29 is 24.2 Å². The number of carbonyl (C=O) groups excluding carboxylic acids is 2. The van der Waals surface area contributed by atoms with Gasteiger partial charge in [0.25, 0.3) is 11.7 Å². The van der Waals surface area contributed by atoms with Gasteiger partial charge in [-0.2, -0.15) is 0 Å². The second-order valence-electron chi connectivity index (χ2n) is 8.35. The Hall–Kier alpha value is -3.85. The van der Waals surface area contributed by atoms with Crippen LogP contribution in [-0.2, 0) is 9.59 Å².